The Bertz CT molecular complexity index is 346. The van der Waals surface area contributed by atoms with Crippen LogP contribution in [0.1, 0.15) is 37.0 Å². The first-order valence-corrected chi connectivity index (χ1v) is 5.80. The minimum absolute atomic E-state index is 0.0758. The van der Waals surface area contributed by atoms with Gasteiger partial charge in [0.2, 0.25) is 0 Å². The van der Waals surface area contributed by atoms with E-state index in [0.29, 0.717) is 0 Å². The van der Waals surface area contributed by atoms with Crippen LogP contribution in [0.5, 0.6) is 0 Å². The third-order valence-electron chi connectivity index (χ3n) is 3.22. The van der Waals surface area contributed by atoms with Crippen LogP contribution in [0.3, 0.4) is 0 Å². The fourth-order valence-corrected chi connectivity index (χ4v) is 1.92. The van der Waals surface area contributed by atoms with Crippen molar-refractivity contribution < 1.29 is 4.39 Å². The molecular formula is C14H22FN. The molecule has 0 bridgehead atoms. The lowest BCUT2D eigenvalue weighted by molar-refractivity contribution is 0.466. The zero-order chi connectivity index (χ0) is 12.3. The number of benzene rings is 1. The average molecular weight is 223 g/mol. The van der Waals surface area contributed by atoms with E-state index in [-0.39, 0.29) is 11.2 Å². The first-order valence-electron chi connectivity index (χ1n) is 5.80. The van der Waals surface area contributed by atoms with E-state index in [9.17, 15) is 4.39 Å². The van der Waals surface area contributed by atoms with Crippen molar-refractivity contribution in [3.63, 3.8) is 0 Å². The zero-order valence-corrected chi connectivity index (χ0v) is 10.9. The van der Waals surface area contributed by atoms with Gasteiger partial charge in [-0.25, -0.2) is 4.39 Å². The number of halogens is 1. The predicted octanol–water partition coefficient (Wildman–Crippen LogP) is 3.33. The second-order valence-corrected chi connectivity index (χ2v) is 5.16. The van der Waals surface area contributed by atoms with Gasteiger partial charge in [-0.05, 0) is 56.0 Å². The van der Waals surface area contributed by atoms with Gasteiger partial charge < -0.3 is 5.32 Å². The molecule has 0 heterocycles. The van der Waals surface area contributed by atoms with Gasteiger partial charge in [-0.15, -0.1) is 0 Å². The van der Waals surface area contributed by atoms with Crippen LogP contribution < -0.4 is 5.32 Å². The summed E-state index contributed by atoms with van der Waals surface area (Å²) in [5.74, 6) is -0.0758. The lowest BCUT2D eigenvalue weighted by Gasteiger charge is -2.26. The van der Waals surface area contributed by atoms with Gasteiger partial charge in [0.1, 0.15) is 5.82 Å². The van der Waals surface area contributed by atoms with Crippen molar-refractivity contribution >= 4 is 0 Å². The van der Waals surface area contributed by atoms with E-state index in [2.05, 4.69) is 19.2 Å². The van der Waals surface area contributed by atoms with Gasteiger partial charge in [-0.2, -0.15) is 0 Å². The van der Waals surface area contributed by atoms with Crippen LogP contribution in [-0.4, -0.2) is 13.6 Å². The molecule has 0 spiro atoms. The SMILES string of the molecule is CNCCC(C)(C)c1cc(C)c(F)c(C)c1. The molecule has 0 saturated carbocycles. The molecule has 1 rings (SSSR count). The standard InChI is InChI=1S/C14H22FN/c1-10-8-12(9-11(2)13(10)15)14(3,4)6-7-16-5/h8-9,16H,6-7H2,1-5H3. The van der Waals surface area contributed by atoms with Crippen molar-refractivity contribution in [1.82, 2.24) is 5.32 Å². The van der Waals surface area contributed by atoms with Crippen molar-refractivity contribution in [2.75, 3.05) is 13.6 Å². The van der Waals surface area contributed by atoms with Crippen molar-refractivity contribution in [3.8, 4) is 0 Å². The van der Waals surface area contributed by atoms with E-state index in [1.54, 1.807) is 0 Å². The minimum Gasteiger partial charge on any atom is -0.320 e. The highest BCUT2D eigenvalue weighted by molar-refractivity contribution is 5.34. The summed E-state index contributed by atoms with van der Waals surface area (Å²) < 4.78 is 13.5. The van der Waals surface area contributed by atoms with Crippen molar-refractivity contribution in [2.45, 2.75) is 39.5 Å². The summed E-state index contributed by atoms with van der Waals surface area (Å²) >= 11 is 0. The van der Waals surface area contributed by atoms with E-state index in [1.165, 1.54) is 5.56 Å². The molecule has 0 aliphatic rings. The molecule has 90 valence electrons. The topological polar surface area (TPSA) is 12.0 Å². The molecular weight excluding hydrogens is 201 g/mol. The van der Waals surface area contributed by atoms with Gasteiger partial charge in [0.05, 0.1) is 0 Å². The van der Waals surface area contributed by atoms with Crippen LogP contribution >= 0.6 is 0 Å². The molecule has 1 N–H and O–H groups in total. The lowest BCUT2D eigenvalue weighted by Crippen LogP contribution is -2.23. The number of hydrogen-bond donors (Lipinski definition) is 1. The van der Waals surface area contributed by atoms with Gasteiger partial charge in [-0.3, -0.25) is 0 Å². The van der Waals surface area contributed by atoms with Crippen molar-refractivity contribution in [3.05, 3.63) is 34.6 Å². The Morgan fingerprint density at radius 3 is 2.12 bits per heavy atom. The van der Waals surface area contributed by atoms with Gasteiger partial charge in [0.25, 0.3) is 0 Å². The smallest absolute Gasteiger partial charge is 0.129 e. The van der Waals surface area contributed by atoms with Crippen LogP contribution in [0.2, 0.25) is 0 Å². The molecule has 0 radical (unpaired) electrons. The highest BCUT2D eigenvalue weighted by atomic mass is 19.1. The van der Waals surface area contributed by atoms with Crippen molar-refractivity contribution in [2.24, 2.45) is 0 Å². The molecule has 0 atom stereocenters. The van der Waals surface area contributed by atoms with E-state index in [1.807, 2.05) is 33.0 Å². The van der Waals surface area contributed by atoms with Crippen LogP contribution in [0.15, 0.2) is 12.1 Å². The molecule has 0 aliphatic heterocycles. The summed E-state index contributed by atoms with van der Waals surface area (Å²) in [6.07, 6.45) is 1.05. The first kappa shape index (κ1) is 13.2. The number of hydrogen-bond acceptors (Lipinski definition) is 1. The largest absolute Gasteiger partial charge is 0.320 e. The average Bonchev–Trinajstić information content (AvgIpc) is 2.22. The van der Waals surface area contributed by atoms with Crippen LogP contribution in [0, 0.1) is 19.7 Å². The highest BCUT2D eigenvalue weighted by Crippen LogP contribution is 2.29. The Labute approximate surface area is 98.1 Å². The molecule has 1 aromatic rings. The minimum atomic E-state index is -0.0758. The maximum absolute atomic E-state index is 13.5. The molecule has 0 aliphatic carbocycles. The molecule has 0 fully saturated rings. The Balaban J connectivity index is 3.03. The second-order valence-electron chi connectivity index (χ2n) is 5.16. The summed E-state index contributed by atoms with van der Waals surface area (Å²) in [5, 5.41) is 3.16. The fourth-order valence-electron chi connectivity index (χ4n) is 1.92. The normalized spacial score (nSPS) is 11.9. The second kappa shape index (κ2) is 4.96. The third-order valence-corrected chi connectivity index (χ3v) is 3.22. The predicted molar refractivity (Wildman–Crippen MR) is 67.4 cm³/mol. The summed E-state index contributed by atoms with van der Waals surface area (Å²) in [7, 11) is 1.96. The van der Waals surface area contributed by atoms with E-state index < -0.39 is 0 Å². The Morgan fingerprint density at radius 1 is 1.19 bits per heavy atom. The number of rotatable bonds is 4. The first-order chi connectivity index (χ1) is 7.38. The molecule has 0 amide bonds. The maximum Gasteiger partial charge on any atom is 0.129 e. The zero-order valence-electron chi connectivity index (χ0n) is 10.9. The monoisotopic (exact) mass is 223 g/mol. The Kier molecular flexibility index (Phi) is 4.09. The number of nitrogens with one attached hydrogen (secondary N) is 1. The summed E-state index contributed by atoms with van der Waals surface area (Å²) in [5.41, 5.74) is 2.80. The molecule has 0 saturated heterocycles. The van der Waals surface area contributed by atoms with Gasteiger partial charge in [0, 0.05) is 0 Å². The van der Waals surface area contributed by atoms with E-state index in [4.69, 9.17) is 0 Å². The number of aryl methyl sites for hydroxylation is 2. The van der Waals surface area contributed by atoms with Crippen LogP contribution in [-0.2, 0) is 5.41 Å². The summed E-state index contributed by atoms with van der Waals surface area (Å²) in [4.78, 5) is 0. The molecule has 1 aromatic carbocycles. The van der Waals surface area contributed by atoms with Gasteiger partial charge in [0.15, 0.2) is 0 Å². The van der Waals surface area contributed by atoms with E-state index in [0.717, 1.165) is 24.1 Å². The molecule has 0 aromatic heterocycles. The van der Waals surface area contributed by atoms with Gasteiger partial charge in [-0.1, -0.05) is 26.0 Å². The Morgan fingerprint density at radius 2 is 1.69 bits per heavy atom. The molecule has 2 heteroatoms. The van der Waals surface area contributed by atoms with Crippen LogP contribution in [0.4, 0.5) is 4.39 Å². The quantitative estimate of drug-likeness (QED) is 0.825. The van der Waals surface area contributed by atoms with Crippen molar-refractivity contribution in [1.29, 1.82) is 0 Å². The van der Waals surface area contributed by atoms with E-state index >= 15 is 0 Å². The molecule has 16 heavy (non-hydrogen) atoms. The molecule has 0 unspecified atom stereocenters. The maximum atomic E-state index is 13.5. The van der Waals surface area contributed by atoms with Crippen LogP contribution in [0.25, 0.3) is 0 Å². The lowest BCUT2D eigenvalue weighted by atomic mass is 9.80. The third kappa shape index (κ3) is 2.82. The summed E-state index contributed by atoms with van der Waals surface area (Å²) in [6, 6.07) is 3.94. The van der Waals surface area contributed by atoms with Gasteiger partial charge >= 0.3 is 0 Å². The Hall–Kier alpha value is -0.890. The molecule has 1 nitrogen and oxygen atoms in total. The highest BCUT2D eigenvalue weighted by Gasteiger charge is 2.21. The fraction of sp³-hybridized carbons (Fsp3) is 0.571. The summed E-state index contributed by atoms with van der Waals surface area (Å²) in [6.45, 7) is 9.05.